The number of rotatable bonds is 5. The second kappa shape index (κ2) is 7.70. The van der Waals surface area contributed by atoms with E-state index in [-0.39, 0.29) is 29.5 Å². The first-order chi connectivity index (χ1) is 14.4. The Labute approximate surface area is 173 Å². The lowest BCUT2D eigenvalue weighted by Crippen LogP contribution is -2.43. The first-order valence-corrected chi connectivity index (χ1v) is 9.59. The summed E-state index contributed by atoms with van der Waals surface area (Å²) in [5, 5.41) is 2.86. The number of esters is 1. The van der Waals surface area contributed by atoms with Crippen LogP contribution in [0.4, 0.5) is 5.69 Å². The molecular weight excluding hydrogens is 388 g/mol. The van der Waals surface area contributed by atoms with Crippen LogP contribution in [0.3, 0.4) is 0 Å². The van der Waals surface area contributed by atoms with Crippen molar-refractivity contribution in [3.05, 3.63) is 53.1 Å². The Balaban J connectivity index is 1.65. The first kappa shape index (κ1) is 19.8. The fourth-order valence-electron chi connectivity index (χ4n) is 3.99. The van der Waals surface area contributed by atoms with E-state index in [1.54, 1.807) is 18.2 Å². The Bertz CT molecular complexity index is 1030. The highest BCUT2D eigenvalue weighted by Gasteiger charge is 2.47. The van der Waals surface area contributed by atoms with Crippen LogP contribution in [-0.4, -0.2) is 42.9 Å². The van der Waals surface area contributed by atoms with Crippen molar-refractivity contribution in [3.8, 4) is 11.5 Å². The van der Waals surface area contributed by atoms with Crippen LogP contribution in [0.15, 0.2) is 36.4 Å². The third kappa shape index (κ3) is 3.24. The van der Waals surface area contributed by atoms with Gasteiger partial charge in [0.25, 0.3) is 0 Å². The molecule has 2 atom stereocenters. The number of hydrogen-bond acceptors (Lipinski definition) is 6. The quantitative estimate of drug-likeness (QED) is 0.762. The van der Waals surface area contributed by atoms with Crippen molar-refractivity contribution in [1.82, 2.24) is 4.90 Å². The summed E-state index contributed by atoms with van der Waals surface area (Å²) < 4.78 is 16.1. The Morgan fingerprint density at radius 1 is 1.17 bits per heavy atom. The van der Waals surface area contributed by atoms with Crippen molar-refractivity contribution in [2.45, 2.75) is 32.0 Å². The van der Waals surface area contributed by atoms with Gasteiger partial charge in [-0.2, -0.15) is 0 Å². The summed E-state index contributed by atoms with van der Waals surface area (Å²) in [4.78, 5) is 39.6. The maximum absolute atomic E-state index is 13.0. The molecule has 8 heteroatoms. The average molecular weight is 410 g/mol. The first-order valence-electron chi connectivity index (χ1n) is 9.59. The number of methoxy groups -OCH3 is 2. The van der Waals surface area contributed by atoms with E-state index in [4.69, 9.17) is 14.2 Å². The Morgan fingerprint density at radius 3 is 2.67 bits per heavy atom. The highest BCUT2D eigenvalue weighted by Crippen LogP contribution is 2.45. The second-order valence-corrected chi connectivity index (χ2v) is 7.24. The Morgan fingerprint density at radius 2 is 1.97 bits per heavy atom. The van der Waals surface area contributed by atoms with Crippen molar-refractivity contribution in [2.75, 3.05) is 19.5 Å². The van der Waals surface area contributed by atoms with E-state index >= 15 is 0 Å². The lowest BCUT2D eigenvalue weighted by molar-refractivity contribution is -0.144. The van der Waals surface area contributed by atoms with E-state index in [1.807, 2.05) is 25.1 Å². The van der Waals surface area contributed by atoms with Crippen molar-refractivity contribution >= 4 is 23.5 Å². The summed E-state index contributed by atoms with van der Waals surface area (Å²) in [6, 6.07) is 9.96. The van der Waals surface area contributed by atoms with E-state index in [1.165, 1.54) is 19.1 Å². The smallest absolute Gasteiger partial charge is 0.344 e. The van der Waals surface area contributed by atoms with Crippen LogP contribution in [0.25, 0.3) is 0 Å². The molecule has 0 radical (unpaired) electrons. The zero-order chi connectivity index (χ0) is 21.4. The molecule has 0 saturated carbocycles. The van der Waals surface area contributed by atoms with Crippen LogP contribution in [0, 0.1) is 6.92 Å². The number of fused-ring (bicyclic) bond motifs is 1. The molecular formula is C22H22N2O6. The molecule has 2 aromatic rings. The molecule has 2 unspecified atom stereocenters. The minimum Gasteiger partial charge on any atom is -0.493 e. The summed E-state index contributed by atoms with van der Waals surface area (Å²) in [6.45, 7) is 1.93. The fraction of sp³-hybridized carbons (Fsp3) is 0.318. The molecule has 0 bridgehead atoms. The minimum atomic E-state index is -0.990. The average Bonchev–Trinajstić information content (AvgIpc) is 3.27. The number of hydrogen-bond donors (Lipinski definition) is 1. The van der Waals surface area contributed by atoms with E-state index in [0.29, 0.717) is 23.4 Å². The molecule has 2 aliphatic heterocycles. The van der Waals surface area contributed by atoms with Crippen LogP contribution in [0.5, 0.6) is 11.5 Å². The van der Waals surface area contributed by atoms with E-state index in [9.17, 15) is 14.4 Å². The Hall–Kier alpha value is -3.55. The van der Waals surface area contributed by atoms with Gasteiger partial charge in [0.05, 0.1) is 14.2 Å². The molecule has 1 N–H and O–H groups in total. The number of benzene rings is 2. The van der Waals surface area contributed by atoms with Crippen LogP contribution in [0.1, 0.15) is 40.6 Å². The molecule has 0 aromatic heterocycles. The van der Waals surface area contributed by atoms with Gasteiger partial charge < -0.3 is 19.5 Å². The molecule has 2 heterocycles. The van der Waals surface area contributed by atoms with Gasteiger partial charge in [0.15, 0.2) is 11.5 Å². The summed E-state index contributed by atoms with van der Waals surface area (Å²) >= 11 is 0. The maximum Gasteiger partial charge on any atom is 0.344 e. The van der Waals surface area contributed by atoms with Gasteiger partial charge in [0.1, 0.15) is 11.6 Å². The monoisotopic (exact) mass is 410 g/mol. The van der Waals surface area contributed by atoms with Gasteiger partial charge in [0.2, 0.25) is 18.0 Å². The predicted molar refractivity (Wildman–Crippen MR) is 107 cm³/mol. The van der Waals surface area contributed by atoms with Crippen molar-refractivity contribution < 1.29 is 28.6 Å². The molecule has 0 aliphatic carbocycles. The molecule has 2 aromatic carbocycles. The molecule has 1 saturated heterocycles. The zero-order valence-corrected chi connectivity index (χ0v) is 16.9. The largest absolute Gasteiger partial charge is 0.493 e. The van der Waals surface area contributed by atoms with Crippen LogP contribution >= 0.6 is 0 Å². The fourth-order valence-corrected chi connectivity index (χ4v) is 3.99. The zero-order valence-electron chi connectivity index (χ0n) is 16.9. The van der Waals surface area contributed by atoms with Crippen molar-refractivity contribution in [3.63, 3.8) is 0 Å². The number of carbonyl (C=O) groups is 3. The molecule has 2 aliphatic rings. The SMILES string of the molecule is COc1ccc2c(c1OC)C(=O)OC2N1C(=O)CCC1C(=O)Nc1cccc(C)c1. The number of likely N-dealkylation sites (tertiary alicyclic amines) is 1. The van der Waals surface area contributed by atoms with Crippen LogP contribution in [0.2, 0.25) is 0 Å². The number of carbonyl (C=O) groups excluding carboxylic acids is 3. The van der Waals surface area contributed by atoms with Gasteiger partial charge in [-0.25, -0.2) is 4.79 Å². The van der Waals surface area contributed by atoms with Gasteiger partial charge in [-0.15, -0.1) is 0 Å². The molecule has 8 nitrogen and oxygen atoms in total. The maximum atomic E-state index is 13.0. The lowest BCUT2D eigenvalue weighted by Gasteiger charge is -2.29. The van der Waals surface area contributed by atoms with E-state index in [0.717, 1.165) is 5.56 Å². The standard InChI is InChI=1S/C22H22N2O6/c1-12-5-4-6-13(11-12)23-20(26)15-8-10-17(25)24(15)21-14-7-9-16(28-2)19(29-3)18(14)22(27)30-21/h4-7,9,11,15,21H,8,10H2,1-3H3,(H,23,26). The molecule has 4 rings (SSSR count). The van der Waals surface area contributed by atoms with Crippen molar-refractivity contribution in [2.24, 2.45) is 0 Å². The summed E-state index contributed by atoms with van der Waals surface area (Å²) in [5.74, 6) is -0.565. The molecule has 156 valence electrons. The number of amides is 2. The number of nitrogens with zero attached hydrogens (tertiary/aromatic N) is 1. The molecule has 1 fully saturated rings. The number of ether oxygens (including phenoxy) is 3. The third-order valence-corrected chi connectivity index (χ3v) is 5.36. The van der Waals surface area contributed by atoms with Gasteiger partial charge >= 0.3 is 5.97 Å². The van der Waals surface area contributed by atoms with Crippen molar-refractivity contribution in [1.29, 1.82) is 0 Å². The van der Waals surface area contributed by atoms with Gasteiger partial charge in [-0.05, 0) is 43.2 Å². The number of aryl methyl sites for hydroxylation is 1. The van der Waals surface area contributed by atoms with E-state index in [2.05, 4.69) is 5.32 Å². The molecule has 30 heavy (non-hydrogen) atoms. The Kier molecular flexibility index (Phi) is 5.07. The highest BCUT2D eigenvalue weighted by atomic mass is 16.6. The van der Waals surface area contributed by atoms with Gasteiger partial charge in [-0.3, -0.25) is 14.5 Å². The second-order valence-electron chi connectivity index (χ2n) is 7.24. The predicted octanol–water partition coefficient (Wildman–Crippen LogP) is 2.81. The number of nitrogens with one attached hydrogen (secondary N) is 1. The third-order valence-electron chi connectivity index (χ3n) is 5.36. The molecule has 2 amide bonds. The number of cyclic esters (lactones) is 1. The highest BCUT2D eigenvalue weighted by molar-refractivity contribution is 6.01. The van der Waals surface area contributed by atoms with E-state index < -0.39 is 18.2 Å². The topological polar surface area (TPSA) is 94.2 Å². The lowest BCUT2D eigenvalue weighted by atomic mass is 10.0. The summed E-state index contributed by atoms with van der Waals surface area (Å²) in [5.41, 5.74) is 2.34. The normalized spacial score (nSPS) is 20.0. The summed E-state index contributed by atoms with van der Waals surface area (Å²) in [6.07, 6.45) is -0.453. The van der Waals surface area contributed by atoms with Gasteiger partial charge in [-0.1, -0.05) is 12.1 Å². The number of anilines is 1. The van der Waals surface area contributed by atoms with Crippen LogP contribution in [-0.2, 0) is 14.3 Å². The minimum absolute atomic E-state index is 0.197. The molecule has 0 spiro atoms. The summed E-state index contributed by atoms with van der Waals surface area (Å²) in [7, 11) is 2.90. The van der Waals surface area contributed by atoms with Gasteiger partial charge in [0, 0.05) is 17.7 Å². The van der Waals surface area contributed by atoms with Crippen LogP contribution < -0.4 is 14.8 Å².